The van der Waals surface area contributed by atoms with Crippen molar-refractivity contribution >= 4 is 76.5 Å². The van der Waals surface area contributed by atoms with Gasteiger partial charge in [-0.3, -0.25) is 0 Å². The average molecular weight is 703 g/mol. The third-order valence-electron chi connectivity index (χ3n) is 10.2. The predicted molar refractivity (Wildman–Crippen MR) is 222 cm³/mol. The molecule has 0 aliphatic rings. The van der Waals surface area contributed by atoms with E-state index >= 15 is 4.57 Å². The Kier molecular flexibility index (Phi) is 7.32. The minimum Gasteiger partial charge on any atom is -0.456 e. The van der Waals surface area contributed by atoms with Gasteiger partial charge in [0.15, 0.2) is 7.14 Å². The van der Waals surface area contributed by atoms with Crippen molar-refractivity contribution in [3.8, 4) is 33.4 Å². The summed E-state index contributed by atoms with van der Waals surface area (Å²) in [6, 6.07) is 65.0. The van der Waals surface area contributed by atoms with Crippen molar-refractivity contribution < 1.29 is 8.98 Å². The Balaban J connectivity index is 1.06. The normalized spacial score (nSPS) is 11.9. The molecule has 0 aliphatic carbocycles. The Morgan fingerprint density at radius 3 is 1.29 bits per heavy atom. The number of hydrogen-bond acceptors (Lipinski definition) is 3. The van der Waals surface area contributed by atoms with Crippen molar-refractivity contribution in [1.82, 2.24) is 0 Å². The molecule has 2 heterocycles. The van der Waals surface area contributed by atoms with Gasteiger partial charge in [0.2, 0.25) is 0 Å². The molecular formula is C48H31O2PS. The summed E-state index contributed by atoms with van der Waals surface area (Å²) in [6.45, 7) is 0. The van der Waals surface area contributed by atoms with Gasteiger partial charge in [-0.05, 0) is 88.0 Å². The van der Waals surface area contributed by atoms with Crippen molar-refractivity contribution in [3.63, 3.8) is 0 Å². The second-order valence-corrected chi connectivity index (χ2v) is 17.1. The van der Waals surface area contributed by atoms with Gasteiger partial charge in [-0.25, -0.2) is 0 Å². The van der Waals surface area contributed by atoms with Gasteiger partial charge in [-0.1, -0.05) is 133 Å². The first-order chi connectivity index (χ1) is 25.6. The van der Waals surface area contributed by atoms with E-state index in [9.17, 15) is 0 Å². The van der Waals surface area contributed by atoms with Crippen LogP contribution in [0.25, 0.3) is 75.5 Å². The van der Waals surface area contributed by atoms with Gasteiger partial charge in [0.25, 0.3) is 0 Å². The van der Waals surface area contributed by atoms with Crippen LogP contribution in [0.15, 0.2) is 192 Å². The molecule has 2 aromatic heterocycles. The highest BCUT2D eigenvalue weighted by atomic mass is 32.1. The summed E-state index contributed by atoms with van der Waals surface area (Å²) in [7, 11) is -3.10. The van der Waals surface area contributed by atoms with Crippen LogP contribution in [0.1, 0.15) is 0 Å². The van der Waals surface area contributed by atoms with E-state index in [2.05, 4.69) is 115 Å². The van der Waals surface area contributed by atoms with Crippen molar-refractivity contribution in [3.05, 3.63) is 188 Å². The average Bonchev–Trinajstić information content (AvgIpc) is 3.78. The molecule has 4 heteroatoms. The van der Waals surface area contributed by atoms with Crippen LogP contribution in [0.4, 0.5) is 0 Å². The fourth-order valence-electron chi connectivity index (χ4n) is 7.51. The van der Waals surface area contributed by atoms with Crippen LogP contribution in [0.2, 0.25) is 0 Å². The van der Waals surface area contributed by atoms with Crippen LogP contribution >= 0.6 is 18.5 Å². The van der Waals surface area contributed by atoms with Gasteiger partial charge >= 0.3 is 0 Å². The number of hydrogen-bond donors (Lipinski definition) is 0. The molecule has 10 aromatic rings. The minimum absolute atomic E-state index is 0.814. The summed E-state index contributed by atoms with van der Waals surface area (Å²) in [5.74, 6) is 0. The van der Waals surface area contributed by atoms with Crippen LogP contribution in [-0.2, 0) is 4.57 Å². The molecule has 0 saturated carbocycles. The van der Waals surface area contributed by atoms with E-state index < -0.39 is 7.14 Å². The van der Waals surface area contributed by atoms with E-state index in [-0.39, 0.29) is 0 Å². The van der Waals surface area contributed by atoms with Crippen LogP contribution in [0.5, 0.6) is 0 Å². The van der Waals surface area contributed by atoms with Crippen molar-refractivity contribution in [1.29, 1.82) is 0 Å². The van der Waals surface area contributed by atoms with E-state index in [0.717, 1.165) is 54.5 Å². The first-order valence-electron chi connectivity index (χ1n) is 17.4. The first kappa shape index (κ1) is 30.8. The Morgan fingerprint density at radius 1 is 0.346 bits per heavy atom. The van der Waals surface area contributed by atoms with E-state index in [0.29, 0.717) is 0 Å². The topological polar surface area (TPSA) is 30.2 Å². The Morgan fingerprint density at radius 2 is 0.750 bits per heavy atom. The molecule has 246 valence electrons. The summed E-state index contributed by atoms with van der Waals surface area (Å²) in [5.41, 5.74) is 8.55. The molecular weight excluding hydrogens is 672 g/mol. The molecule has 52 heavy (non-hydrogen) atoms. The Bertz CT molecular complexity index is 2940. The fourth-order valence-corrected chi connectivity index (χ4v) is 11.3. The third-order valence-corrected chi connectivity index (χ3v) is 14.4. The van der Waals surface area contributed by atoms with E-state index in [1.165, 1.54) is 36.9 Å². The Labute approximate surface area is 305 Å². The monoisotopic (exact) mass is 702 g/mol. The van der Waals surface area contributed by atoms with Gasteiger partial charge in [0.1, 0.15) is 11.2 Å². The summed E-state index contributed by atoms with van der Waals surface area (Å²) in [5, 5.41) is 7.16. The number of rotatable bonds is 6. The number of furan rings is 1. The molecule has 0 fully saturated rings. The van der Waals surface area contributed by atoms with E-state index in [4.69, 9.17) is 4.42 Å². The highest BCUT2D eigenvalue weighted by Crippen LogP contribution is 2.44. The zero-order chi connectivity index (χ0) is 34.6. The lowest BCUT2D eigenvalue weighted by molar-refractivity contribution is 0.592. The molecule has 0 spiro atoms. The molecule has 0 radical (unpaired) electrons. The molecule has 0 aliphatic heterocycles. The molecule has 0 amide bonds. The van der Waals surface area contributed by atoms with E-state index in [1.54, 1.807) is 0 Å². The lowest BCUT2D eigenvalue weighted by atomic mass is 9.98. The maximum Gasteiger partial charge on any atom is 0.171 e. The molecule has 8 aromatic carbocycles. The smallest absolute Gasteiger partial charge is 0.171 e. The maximum atomic E-state index is 15.1. The van der Waals surface area contributed by atoms with Crippen LogP contribution < -0.4 is 15.9 Å². The van der Waals surface area contributed by atoms with Gasteiger partial charge in [-0.15, -0.1) is 11.3 Å². The fraction of sp³-hybridized carbons (Fsp3) is 0. The van der Waals surface area contributed by atoms with Gasteiger partial charge in [-0.2, -0.15) is 0 Å². The van der Waals surface area contributed by atoms with Crippen molar-refractivity contribution in [2.24, 2.45) is 0 Å². The summed E-state index contributed by atoms with van der Waals surface area (Å²) in [4.78, 5) is 0. The first-order valence-corrected chi connectivity index (χ1v) is 19.9. The second kappa shape index (κ2) is 12.4. The van der Waals surface area contributed by atoms with Crippen molar-refractivity contribution in [2.75, 3.05) is 0 Å². The SMILES string of the molecule is O=P(c1ccccc1)(c1ccccc1)c1cccc(-c2ccc3oc4ccc(-c5ccc6sc7ccc(-c8ccccc8)cc7c6c5)cc4c3c2)c1. The summed E-state index contributed by atoms with van der Waals surface area (Å²) < 4.78 is 24.1. The minimum atomic E-state index is -3.10. The number of thiophene rings is 1. The highest BCUT2D eigenvalue weighted by molar-refractivity contribution is 7.85. The largest absolute Gasteiger partial charge is 0.456 e. The van der Waals surface area contributed by atoms with Gasteiger partial charge in [0.05, 0.1) is 0 Å². The van der Waals surface area contributed by atoms with E-state index in [1.807, 2.05) is 84.1 Å². The number of benzene rings is 8. The van der Waals surface area contributed by atoms with Crippen molar-refractivity contribution in [2.45, 2.75) is 0 Å². The predicted octanol–water partition coefficient (Wildman–Crippen LogP) is 12.6. The van der Waals surface area contributed by atoms with Gasteiger partial charge in [0, 0.05) is 46.9 Å². The molecule has 10 rings (SSSR count). The summed E-state index contributed by atoms with van der Waals surface area (Å²) in [6.07, 6.45) is 0. The van der Waals surface area contributed by atoms with Crippen LogP contribution in [0, 0.1) is 0 Å². The summed E-state index contributed by atoms with van der Waals surface area (Å²) >= 11 is 1.84. The molecule has 0 unspecified atom stereocenters. The zero-order valence-electron chi connectivity index (χ0n) is 28.1. The standard InChI is InChI=1S/C48H31O2PS/c49-51(38-14-6-2-7-15-38,39-16-8-3-9-17-39)40-18-10-13-33(27-40)35-19-23-45-41(28-35)42-29-36(20-24-46(42)50-45)37-22-26-48-44(31-37)43-30-34(21-25-47(43)52-48)32-11-4-1-5-12-32/h1-31H. The number of fused-ring (bicyclic) bond motifs is 6. The molecule has 0 saturated heterocycles. The second-order valence-electron chi connectivity index (χ2n) is 13.2. The lowest BCUT2D eigenvalue weighted by Gasteiger charge is -2.20. The molecule has 0 bridgehead atoms. The van der Waals surface area contributed by atoms with Gasteiger partial charge < -0.3 is 8.98 Å². The molecule has 0 N–H and O–H groups in total. The zero-order valence-corrected chi connectivity index (χ0v) is 29.8. The highest BCUT2D eigenvalue weighted by Gasteiger charge is 2.29. The lowest BCUT2D eigenvalue weighted by Crippen LogP contribution is -2.25. The molecule has 2 nitrogen and oxygen atoms in total. The quantitative estimate of drug-likeness (QED) is 0.162. The maximum absolute atomic E-state index is 15.1. The van der Waals surface area contributed by atoms with Crippen LogP contribution in [-0.4, -0.2) is 0 Å². The van der Waals surface area contributed by atoms with Crippen LogP contribution in [0.3, 0.4) is 0 Å². The Hall–Kier alpha value is -5.99. The third kappa shape index (κ3) is 5.13. The molecule has 0 atom stereocenters.